The Balaban J connectivity index is 1.73. The van der Waals surface area contributed by atoms with E-state index in [1.165, 1.54) is 0 Å². The van der Waals surface area contributed by atoms with Gasteiger partial charge in [0.15, 0.2) is 0 Å². The summed E-state index contributed by atoms with van der Waals surface area (Å²) in [5.41, 5.74) is 11.2. The summed E-state index contributed by atoms with van der Waals surface area (Å²) in [5.74, 6) is -0.736. The molecule has 1 aliphatic rings. The Hall–Kier alpha value is -4.07. The number of nitrogens with zero attached hydrogens (tertiary/aromatic N) is 2. The third-order valence-electron chi connectivity index (χ3n) is 5.81. The average Bonchev–Trinajstić information content (AvgIpc) is 3.44. The first-order valence-electron chi connectivity index (χ1n) is 11.2. The normalized spacial score (nSPS) is 13.1. The van der Waals surface area contributed by atoms with Gasteiger partial charge in [-0.25, -0.2) is 4.79 Å². The Kier molecular flexibility index (Phi) is 6.67. The van der Waals surface area contributed by atoms with Crippen molar-refractivity contribution in [2.75, 3.05) is 24.7 Å². The number of aromatic nitrogens is 1. The van der Waals surface area contributed by atoms with Crippen molar-refractivity contribution < 1.29 is 23.9 Å². The summed E-state index contributed by atoms with van der Waals surface area (Å²) in [7, 11) is 0. The van der Waals surface area contributed by atoms with Crippen molar-refractivity contribution in [3.05, 3.63) is 71.4 Å². The zero-order chi connectivity index (χ0) is 24.2. The van der Waals surface area contributed by atoms with Crippen LogP contribution >= 0.6 is 0 Å². The van der Waals surface area contributed by atoms with Crippen LogP contribution in [0.15, 0.2) is 54.6 Å². The number of primary amides is 1. The lowest BCUT2D eigenvalue weighted by atomic mass is 10.1. The molecule has 2 amide bonds. The fraction of sp³-hybridized carbons (Fsp3) is 0.269. The first kappa shape index (κ1) is 23.1. The highest BCUT2D eigenvalue weighted by atomic mass is 16.6. The van der Waals surface area contributed by atoms with Gasteiger partial charge in [0, 0.05) is 22.6 Å². The molecule has 0 bridgehead atoms. The number of carbonyl (C=O) groups is 3. The van der Waals surface area contributed by atoms with Gasteiger partial charge in [0.25, 0.3) is 0 Å². The van der Waals surface area contributed by atoms with Gasteiger partial charge in [0.1, 0.15) is 6.61 Å². The molecule has 1 fully saturated rings. The van der Waals surface area contributed by atoms with Crippen molar-refractivity contribution in [3.8, 4) is 16.9 Å². The Morgan fingerprint density at radius 1 is 1.09 bits per heavy atom. The first-order valence-corrected chi connectivity index (χ1v) is 11.2. The van der Waals surface area contributed by atoms with Gasteiger partial charge < -0.3 is 19.8 Å². The molecule has 8 heteroatoms. The predicted octanol–water partition coefficient (Wildman–Crippen LogP) is 4.00. The van der Waals surface area contributed by atoms with E-state index in [9.17, 15) is 14.4 Å². The average molecular weight is 462 g/mol. The number of hydrogen-bond donors (Lipinski definition) is 1. The minimum Gasteiger partial charge on any atom is -0.466 e. The monoisotopic (exact) mass is 461 g/mol. The standard InChI is InChI=1S/C26H27N3O5/c1-3-33-24(30)13-10-21-9-12-23(29(21)22-11-6-19(25(27)31)16-17(22)2)18-4-7-20(8-5-18)28-14-15-34-26(28)32/h4-9,11-12,16H,3,10,13-15H2,1-2H3,(H2,27,31). The van der Waals surface area contributed by atoms with Crippen LogP contribution in [0.5, 0.6) is 0 Å². The van der Waals surface area contributed by atoms with Crippen molar-refractivity contribution in [2.24, 2.45) is 5.73 Å². The van der Waals surface area contributed by atoms with Crippen LogP contribution in [0.2, 0.25) is 0 Å². The molecule has 0 aliphatic carbocycles. The zero-order valence-electron chi connectivity index (χ0n) is 19.2. The maximum Gasteiger partial charge on any atom is 0.414 e. The predicted molar refractivity (Wildman–Crippen MR) is 128 cm³/mol. The van der Waals surface area contributed by atoms with E-state index >= 15 is 0 Å². The molecule has 176 valence electrons. The molecule has 2 heterocycles. The number of rotatable bonds is 8. The van der Waals surface area contributed by atoms with Gasteiger partial charge in [-0.2, -0.15) is 0 Å². The van der Waals surface area contributed by atoms with E-state index in [0.29, 0.717) is 31.7 Å². The summed E-state index contributed by atoms with van der Waals surface area (Å²) in [5, 5.41) is 0. The summed E-state index contributed by atoms with van der Waals surface area (Å²) in [6, 6.07) is 17.0. The first-order chi connectivity index (χ1) is 16.4. The summed E-state index contributed by atoms with van der Waals surface area (Å²) in [4.78, 5) is 37.1. The fourth-order valence-corrected chi connectivity index (χ4v) is 4.15. The summed E-state index contributed by atoms with van der Waals surface area (Å²) < 4.78 is 12.2. The van der Waals surface area contributed by atoms with Crippen LogP contribution in [0.25, 0.3) is 16.9 Å². The lowest BCUT2D eigenvalue weighted by molar-refractivity contribution is -0.143. The molecule has 0 saturated carbocycles. The van der Waals surface area contributed by atoms with E-state index in [0.717, 1.165) is 33.9 Å². The summed E-state index contributed by atoms with van der Waals surface area (Å²) in [6.07, 6.45) is 0.404. The van der Waals surface area contributed by atoms with Gasteiger partial charge in [0.2, 0.25) is 5.91 Å². The Morgan fingerprint density at radius 2 is 1.85 bits per heavy atom. The highest BCUT2D eigenvalue weighted by Crippen LogP contribution is 2.31. The van der Waals surface area contributed by atoms with Gasteiger partial charge in [-0.15, -0.1) is 0 Å². The molecule has 0 spiro atoms. The maximum atomic E-state index is 12.0. The molecule has 8 nitrogen and oxygen atoms in total. The van der Waals surface area contributed by atoms with Gasteiger partial charge in [-0.3, -0.25) is 14.5 Å². The second-order valence-corrected chi connectivity index (χ2v) is 8.03. The smallest absolute Gasteiger partial charge is 0.414 e. The van der Waals surface area contributed by atoms with Crippen LogP contribution in [0.3, 0.4) is 0 Å². The molecule has 0 unspecified atom stereocenters. The molecule has 0 atom stereocenters. The van der Waals surface area contributed by atoms with Crippen molar-refractivity contribution in [1.29, 1.82) is 0 Å². The quantitative estimate of drug-likeness (QED) is 0.511. The minimum absolute atomic E-state index is 0.251. The third-order valence-corrected chi connectivity index (χ3v) is 5.81. The molecule has 4 rings (SSSR count). The maximum absolute atomic E-state index is 12.0. The summed E-state index contributed by atoms with van der Waals surface area (Å²) >= 11 is 0. The molecule has 1 aromatic heterocycles. The van der Waals surface area contributed by atoms with E-state index < -0.39 is 5.91 Å². The van der Waals surface area contributed by atoms with Crippen molar-refractivity contribution in [1.82, 2.24) is 4.57 Å². The van der Waals surface area contributed by atoms with Crippen LogP contribution in [-0.4, -0.2) is 42.3 Å². The number of hydrogen-bond acceptors (Lipinski definition) is 5. The lowest BCUT2D eigenvalue weighted by Crippen LogP contribution is -2.23. The molecule has 2 aromatic carbocycles. The second-order valence-electron chi connectivity index (χ2n) is 8.03. The molecule has 2 N–H and O–H groups in total. The van der Waals surface area contributed by atoms with E-state index in [4.69, 9.17) is 15.2 Å². The molecule has 3 aromatic rings. The highest BCUT2D eigenvalue weighted by Gasteiger charge is 2.23. The zero-order valence-corrected chi connectivity index (χ0v) is 19.2. The van der Waals surface area contributed by atoms with E-state index in [1.54, 1.807) is 24.0 Å². The number of esters is 1. The topological polar surface area (TPSA) is 104 Å². The van der Waals surface area contributed by atoms with E-state index in [1.807, 2.05) is 49.4 Å². The van der Waals surface area contributed by atoms with Crippen molar-refractivity contribution >= 4 is 23.7 Å². The van der Waals surface area contributed by atoms with Crippen LogP contribution in [0, 0.1) is 6.92 Å². The number of ether oxygens (including phenoxy) is 2. The van der Waals surface area contributed by atoms with Crippen LogP contribution in [-0.2, 0) is 20.7 Å². The van der Waals surface area contributed by atoms with E-state index in [2.05, 4.69) is 4.57 Å². The van der Waals surface area contributed by atoms with Crippen LogP contribution in [0.4, 0.5) is 10.5 Å². The van der Waals surface area contributed by atoms with Crippen LogP contribution < -0.4 is 10.6 Å². The van der Waals surface area contributed by atoms with Crippen LogP contribution in [0.1, 0.15) is 35.0 Å². The number of anilines is 1. The highest BCUT2D eigenvalue weighted by molar-refractivity contribution is 5.93. The van der Waals surface area contributed by atoms with Gasteiger partial charge in [-0.1, -0.05) is 12.1 Å². The number of nitrogens with two attached hydrogens (primary N) is 1. The second kappa shape index (κ2) is 9.82. The Bertz CT molecular complexity index is 1230. The molecule has 1 aliphatic heterocycles. The molecule has 1 saturated heterocycles. The largest absolute Gasteiger partial charge is 0.466 e. The molecule has 0 radical (unpaired) electrons. The van der Waals surface area contributed by atoms with Gasteiger partial charge >= 0.3 is 12.1 Å². The number of aryl methyl sites for hydroxylation is 2. The van der Waals surface area contributed by atoms with Gasteiger partial charge in [0.05, 0.1) is 25.3 Å². The Labute approximate surface area is 197 Å². The number of amides is 2. The number of cyclic esters (lactones) is 1. The van der Waals surface area contributed by atoms with E-state index in [-0.39, 0.29) is 18.5 Å². The molecular weight excluding hydrogens is 434 g/mol. The number of benzene rings is 2. The summed E-state index contributed by atoms with van der Waals surface area (Å²) in [6.45, 7) is 4.96. The minimum atomic E-state index is -0.485. The van der Waals surface area contributed by atoms with Gasteiger partial charge in [-0.05, 0) is 73.9 Å². The fourth-order valence-electron chi connectivity index (χ4n) is 4.15. The SMILES string of the molecule is CCOC(=O)CCc1ccc(-c2ccc(N3CCOC3=O)cc2)n1-c1ccc(C(N)=O)cc1C. The molecular formula is C26H27N3O5. The lowest BCUT2D eigenvalue weighted by Gasteiger charge is -2.18. The molecule has 34 heavy (non-hydrogen) atoms. The van der Waals surface area contributed by atoms with Crippen molar-refractivity contribution in [3.63, 3.8) is 0 Å². The number of carbonyl (C=O) groups excluding carboxylic acids is 3. The van der Waals surface area contributed by atoms with Crippen molar-refractivity contribution in [2.45, 2.75) is 26.7 Å². The third kappa shape index (κ3) is 4.66. The Morgan fingerprint density at radius 3 is 2.47 bits per heavy atom.